The van der Waals surface area contributed by atoms with E-state index in [9.17, 15) is 4.79 Å². The highest BCUT2D eigenvalue weighted by Gasteiger charge is 2.22. The molecule has 4 heteroatoms. The highest BCUT2D eigenvalue weighted by Crippen LogP contribution is 2.32. The van der Waals surface area contributed by atoms with E-state index in [4.69, 9.17) is 9.47 Å². The number of carbonyl (C=O) groups excluding carboxylic acids is 1. The minimum Gasteiger partial charge on any atom is -0.493 e. The summed E-state index contributed by atoms with van der Waals surface area (Å²) in [7, 11) is 3.25. The molecule has 0 saturated carbocycles. The standard InChI is InChI=1S/C20H23NO3/c1-23-18-11-5-8-16(20(18)24-2)12-13-19(22)21-14-6-9-15-7-3-4-10-17(15)21/h3-5,7-8,10-11H,6,9,12-14H2,1-2H3. The monoisotopic (exact) mass is 325 g/mol. The number of ether oxygens (including phenoxy) is 2. The van der Waals surface area contributed by atoms with Crippen LogP contribution >= 0.6 is 0 Å². The molecule has 0 saturated heterocycles. The van der Waals surface area contributed by atoms with Crippen LogP contribution in [-0.2, 0) is 17.6 Å². The number of para-hydroxylation sites is 2. The first-order valence-corrected chi connectivity index (χ1v) is 8.32. The van der Waals surface area contributed by atoms with Crippen LogP contribution in [0.25, 0.3) is 0 Å². The Hall–Kier alpha value is -2.49. The molecular formula is C20H23NO3. The number of anilines is 1. The Kier molecular flexibility index (Phi) is 5.04. The number of rotatable bonds is 5. The van der Waals surface area contributed by atoms with Crippen molar-refractivity contribution in [2.24, 2.45) is 0 Å². The summed E-state index contributed by atoms with van der Waals surface area (Å²) in [5.41, 5.74) is 3.32. The zero-order valence-corrected chi connectivity index (χ0v) is 14.2. The number of hydrogen-bond donors (Lipinski definition) is 0. The summed E-state index contributed by atoms with van der Waals surface area (Å²) in [6, 6.07) is 14.0. The van der Waals surface area contributed by atoms with E-state index in [-0.39, 0.29) is 5.91 Å². The normalized spacial score (nSPS) is 13.3. The van der Waals surface area contributed by atoms with E-state index >= 15 is 0 Å². The summed E-state index contributed by atoms with van der Waals surface area (Å²) >= 11 is 0. The molecule has 3 rings (SSSR count). The van der Waals surface area contributed by atoms with Crippen LogP contribution in [-0.4, -0.2) is 26.7 Å². The third-order valence-electron chi connectivity index (χ3n) is 4.50. The van der Waals surface area contributed by atoms with Gasteiger partial charge in [-0.2, -0.15) is 0 Å². The van der Waals surface area contributed by atoms with Crippen molar-refractivity contribution < 1.29 is 14.3 Å². The highest BCUT2D eigenvalue weighted by atomic mass is 16.5. The fraction of sp³-hybridized carbons (Fsp3) is 0.350. The van der Waals surface area contributed by atoms with E-state index in [1.807, 2.05) is 41.3 Å². The molecule has 2 aromatic rings. The van der Waals surface area contributed by atoms with Crippen molar-refractivity contribution >= 4 is 11.6 Å². The van der Waals surface area contributed by atoms with Gasteiger partial charge in [-0.3, -0.25) is 4.79 Å². The molecule has 0 radical (unpaired) electrons. The van der Waals surface area contributed by atoms with E-state index in [0.29, 0.717) is 24.3 Å². The molecule has 24 heavy (non-hydrogen) atoms. The second-order valence-corrected chi connectivity index (χ2v) is 5.93. The number of benzene rings is 2. The van der Waals surface area contributed by atoms with Gasteiger partial charge < -0.3 is 14.4 Å². The van der Waals surface area contributed by atoms with Crippen LogP contribution in [0.2, 0.25) is 0 Å². The van der Waals surface area contributed by atoms with Crippen molar-refractivity contribution in [3.8, 4) is 11.5 Å². The number of nitrogens with zero attached hydrogens (tertiary/aromatic N) is 1. The van der Waals surface area contributed by atoms with Gasteiger partial charge in [0.05, 0.1) is 14.2 Å². The first-order chi connectivity index (χ1) is 11.7. The van der Waals surface area contributed by atoms with Crippen molar-refractivity contribution in [1.29, 1.82) is 0 Å². The molecule has 0 unspecified atom stereocenters. The van der Waals surface area contributed by atoms with Gasteiger partial charge in [-0.25, -0.2) is 0 Å². The second kappa shape index (κ2) is 7.39. The van der Waals surface area contributed by atoms with E-state index in [1.54, 1.807) is 14.2 Å². The third-order valence-corrected chi connectivity index (χ3v) is 4.50. The highest BCUT2D eigenvalue weighted by molar-refractivity contribution is 5.94. The average Bonchev–Trinajstić information content (AvgIpc) is 2.65. The SMILES string of the molecule is COc1cccc(CCC(=O)N2CCCc3ccccc32)c1OC. The molecule has 1 aliphatic rings. The Morgan fingerprint density at radius 1 is 1.08 bits per heavy atom. The predicted octanol–water partition coefficient (Wildman–Crippen LogP) is 3.62. The Balaban J connectivity index is 1.73. The summed E-state index contributed by atoms with van der Waals surface area (Å²) in [4.78, 5) is 14.7. The lowest BCUT2D eigenvalue weighted by Crippen LogP contribution is -2.35. The van der Waals surface area contributed by atoms with Crippen LogP contribution < -0.4 is 14.4 Å². The van der Waals surface area contributed by atoms with E-state index in [2.05, 4.69) is 6.07 Å². The summed E-state index contributed by atoms with van der Waals surface area (Å²) in [5, 5.41) is 0. The van der Waals surface area contributed by atoms with Crippen LogP contribution in [0.3, 0.4) is 0 Å². The molecule has 1 aliphatic heterocycles. The number of hydrogen-bond acceptors (Lipinski definition) is 3. The molecule has 0 aromatic heterocycles. The molecule has 1 heterocycles. The van der Waals surface area contributed by atoms with Crippen molar-refractivity contribution in [2.45, 2.75) is 25.7 Å². The van der Waals surface area contributed by atoms with Gasteiger partial charge in [0.1, 0.15) is 0 Å². The molecule has 0 N–H and O–H groups in total. The Morgan fingerprint density at radius 2 is 1.92 bits per heavy atom. The Labute approximate surface area is 143 Å². The van der Waals surface area contributed by atoms with Gasteiger partial charge in [0.2, 0.25) is 5.91 Å². The van der Waals surface area contributed by atoms with Crippen molar-refractivity contribution in [1.82, 2.24) is 0 Å². The fourth-order valence-electron chi connectivity index (χ4n) is 3.32. The lowest BCUT2D eigenvalue weighted by Gasteiger charge is -2.29. The van der Waals surface area contributed by atoms with Gasteiger partial charge >= 0.3 is 0 Å². The Bertz CT molecular complexity index is 727. The van der Waals surface area contributed by atoms with Crippen LogP contribution in [0.1, 0.15) is 24.0 Å². The van der Waals surface area contributed by atoms with E-state index < -0.39 is 0 Å². The van der Waals surface area contributed by atoms with Crippen LogP contribution in [0.5, 0.6) is 11.5 Å². The summed E-state index contributed by atoms with van der Waals surface area (Å²) in [6.07, 6.45) is 3.16. The molecule has 0 fully saturated rings. The first kappa shape index (κ1) is 16.4. The number of aryl methyl sites for hydroxylation is 2. The Morgan fingerprint density at radius 3 is 2.71 bits per heavy atom. The molecule has 4 nitrogen and oxygen atoms in total. The number of fused-ring (bicyclic) bond motifs is 1. The quantitative estimate of drug-likeness (QED) is 0.843. The molecule has 2 aromatic carbocycles. The molecule has 126 valence electrons. The molecular weight excluding hydrogens is 302 g/mol. The van der Waals surface area contributed by atoms with Crippen LogP contribution in [0.4, 0.5) is 5.69 Å². The third kappa shape index (κ3) is 3.23. The summed E-state index contributed by atoms with van der Waals surface area (Å²) in [5.74, 6) is 1.57. The van der Waals surface area contributed by atoms with E-state index in [1.165, 1.54) is 5.56 Å². The number of amides is 1. The van der Waals surface area contributed by atoms with Gasteiger partial charge in [-0.05, 0) is 42.5 Å². The fourth-order valence-corrected chi connectivity index (χ4v) is 3.32. The smallest absolute Gasteiger partial charge is 0.227 e. The molecule has 0 bridgehead atoms. The van der Waals surface area contributed by atoms with Crippen molar-refractivity contribution in [3.05, 3.63) is 53.6 Å². The van der Waals surface area contributed by atoms with Crippen LogP contribution in [0.15, 0.2) is 42.5 Å². The molecule has 0 atom stereocenters. The minimum atomic E-state index is 0.159. The van der Waals surface area contributed by atoms with Gasteiger partial charge in [-0.15, -0.1) is 0 Å². The summed E-state index contributed by atoms with van der Waals surface area (Å²) < 4.78 is 10.8. The molecule has 1 amide bonds. The van der Waals surface area contributed by atoms with Crippen LogP contribution in [0, 0.1) is 0 Å². The van der Waals surface area contributed by atoms with Gasteiger partial charge in [0, 0.05) is 18.7 Å². The first-order valence-electron chi connectivity index (χ1n) is 8.32. The van der Waals surface area contributed by atoms with Crippen molar-refractivity contribution in [3.63, 3.8) is 0 Å². The minimum absolute atomic E-state index is 0.159. The van der Waals surface area contributed by atoms with Gasteiger partial charge in [-0.1, -0.05) is 30.3 Å². The predicted molar refractivity (Wildman–Crippen MR) is 95.0 cm³/mol. The molecule has 0 spiro atoms. The van der Waals surface area contributed by atoms with Gasteiger partial charge in [0.25, 0.3) is 0 Å². The maximum atomic E-state index is 12.7. The second-order valence-electron chi connectivity index (χ2n) is 5.93. The largest absolute Gasteiger partial charge is 0.493 e. The maximum absolute atomic E-state index is 12.7. The zero-order valence-electron chi connectivity index (χ0n) is 14.2. The van der Waals surface area contributed by atoms with Crippen molar-refractivity contribution in [2.75, 3.05) is 25.7 Å². The summed E-state index contributed by atoms with van der Waals surface area (Å²) in [6.45, 7) is 0.797. The number of carbonyl (C=O) groups is 1. The van der Waals surface area contributed by atoms with Gasteiger partial charge in [0.15, 0.2) is 11.5 Å². The lowest BCUT2D eigenvalue weighted by atomic mass is 10.0. The maximum Gasteiger partial charge on any atom is 0.227 e. The topological polar surface area (TPSA) is 38.8 Å². The zero-order chi connectivity index (χ0) is 16.9. The lowest BCUT2D eigenvalue weighted by molar-refractivity contribution is -0.118. The average molecular weight is 325 g/mol. The number of methoxy groups -OCH3 is 2. The van der Waals surface area contributed by atoms with E-state index in [0.717, 1.165) is 30.6 Å². The molecule has 0 aliphatic carbocycles.